The zero-order chi connectivity index (χ0) is 13.5. The van der Waals surface area contributed by atoms with Gasteiger partial charge in [-0.3, -0.25) is 10.1 Å². The van der Waals surface area contributed by atoms with Gasteiger partial charge in [-0.2, -0.15) is 0 Å². The zero-order valence-electron chi connectivity index (χ0n) is 10.1. The van der Waals surface area contributed by atoms with Gasteiger partial charge in [0.05, 0.1) is 4.92 Å². The fourth-order valence-corrected chi connectivity index (χ4v) is 1.50. The highest BCUT2D eigenvalue weighted by Gasteiger charge is 2.10. The molecule has 0 fully saturated rings. The number of carbonyl (C=O) groups is 1. The Bertz CT molecular complexity index is 436. The van der Waals surface area contributed by atoms with Crippen LogP contribution >= 0.6 is 0 Å². The minimum Gasteiger partial charge on any atom is -0.352 e. The van der Waals surface area contributed by atoms with Gasteiger partial charge in [-0.25, -0.2) is 4.79 Å². The molecule has 0 aromatic heterocycles. The Morgan fingerprint density at radius 2 is 2.22 bits per heavy atom. The van der Waals surface area contributed by atoms with E-state index in [2.05, 4.69) is 10.6 Å². The zero-order valence-corrected chi connectivity index (χ0v) is 10.1. The summed E-state index contributed by atoms with van der Waals surface area (Å²) in [5, 5.41) is 16.2. The lowest BCUT2D eigenvalue weighted by molar-refractivity contribution is -0.384. The normalized spacial score (nSPS) is 11.8. The molecule has 2 amide bonds. The number of primary amides is 1. The van der Waals surface area contributed by atoms with E-state index < -0.39 is 11.0 Å². The molecule has 4 N–H and O–H groups in total. The first-order chi connectivity index (χ1) is 8.50. The molecule has 1 aromatic rings. The maximum absolute atomic E-state index is 10.6. The van der Waals surface area contributed by atoms with Gasteiger partial charge in [-0.15, -0.1) is 0 Å². The van der Waals surface area contributed by atoms with Crippen LogP contribution in [-0.2, 0) is 0 Å². The maximum Gasteiger partial charge on any atom is 0.312 e. The number of nitro groups is 1. The number of nitrogens with one attached hydrogen (secondary N) is 2. The van der Waals surface area contributed by atoms with Crippen molar-refractivity contribution in [1.29, 1.82) is 0 Å². The van der Waals surface area contributed by atoms with E-state index in [-0.39, 0.29) is 11.7 Å². The van der Waals surface area contributed by atoms with E-state index in [1.165, 1.54) is 12.1 Å². The van der Waals surface area contributed by atoms with Crippen LogP contribution in [0.3, 0.4) is 0 Å². The van der Waals surface area contributed by atoms with Crippen molar-refractivity contribution in [2.24, 2.45) is 5.73 Å². The molecular weight excluding hydrogens is 236 g/mol. The number of nitro benzene ring substituents is 1. The third-order valence-electron chi connectivity index (χ3n) is 2.46. The molecule has 7 nitrogen and oxygen atoms in total. The summed E-state index contributed by atoms with van der Waals surface area (Å²) in [4.78, 5) is 20.7. The molecule has 98 valence electrons. The molecule has 0 radical (unpaired) electrons. The number of non-ortho nitro benzene ring substituents is 1. The summed E-state index contributed by atoms with van der Waals surface area (Å²) in [5.41, 5.74) is 5.81. The van der Waals surface area contributed by atoms with Crippen molar-refractivity contribution < 1.29 is 9.72 Å². The van der Waals surface area contributed by atoms with E-state index in [4.69, 9.17) is 5.73 Å². The predicted molar refractivity (Wildman–Crippen MR) is 67.1 cm³/mol. The Kier molecular flexibility index (Phi) is 5.06. The molecule has 0 saturated carbocycles. The van der Waals surface area contributed by atoms with Crippen LogP contribution in [0.1, 0.15) is 18.5 Å². The summed E-state index contributed by atoms with van der Waals surface area (Å²) in [6, 6.07) is 5.82. The second-order valence-corrected chi connectivity index (χ2v) is 3.82. The van der Waals surface area contributed by atoms with E-state index in [1.54, 1.807) is 6.07 Å². The van der Waals surface area contributed by atoms with Crippen LogP contribution in [0.5, 0.6) is 0 Å². The van der Waals surface area contributed by atoms with Gasteiger partial charge < -0.3 is 16.4 Å². The number of amides is 2. The molecule has 1 unspecified atom stereocenters. The minimum absolute atomic E-state index is 0.0421. The molecule has 0 spiro atoms. The Morgan fingerprint density at radius 1 is 1.50 bits per heavy atom. The first-order valence-electron chi connectivity index (χ1n) is 5.51. The molecule has 1 aromatic carbocycles. The summed E-state index contributed by atoms with van der Waals surface area (Å²) in [5.74, 6) is 0. The standard InChI is InChI=1S/C11H16N4O3/c1-8(13-5-6-14-11(12)16)9-3-2-4-10(7-9)15(17)18/h2-4,7-8,13H,5-6H2,1H3,(H3,12,14,16). The largest absolute Gasteiger partial charge is 0.352 e. The molecule has 0 aliphatic rings. The molecule has 0 heterocycles. The molecule has 18 heavy (non-hydrogen) atoms. The second kappa shape index (κ2) is 6.55. The molecule has 1 atom stereocenters. The minimum atomic E-state index is -0.570. The fourth-order valence-electron chi connectivity index (χ4n) is 1.50. The third kappa shape index (κ3) is 4.38. The molecule has 0 bridgehead atoms. The Balaban J connectivity index is 2.50. The van der Waals surface area contributed by atoms with Gasteiger partial charge in [0.2, 0.25) is 0 Å². The fraction of sp³-hybridized carbons (Fsp3) is 0.364. The molecule has 0 aliphatic carbocycles. The van der Waals surface area contributed by atoms with Crippen LogP contribution in [-0.4, -0.2) is 24.0 Å². The van der Waals surface area contributed by atoms with E-state index in [9.17, 15) is 14.9 Å². The molecule has 1 rings (SSSR count). The quantitative estimate of drug-likeness (QED) is 0.397. The topological polar surface area (TPSA) is 110 Å². The lowest BCUT2D eigenvalue weighted by atomic mass is 10.1. The Labute approximate surface area is 105 Å². The van der Waals surface area contributed by atoms with Crippen molar-refractivity contribution in [3.63, 3.8) is 0 Å². The number of hydrogen-bond acceptors (Lipinski definition) is 4. The van der Waals surface area contributed by atoms with Crippen molar-refractivity contribution in [2.75, 3.05) is 13.1 Å². The molecule has 0 aliphatic heterocycles. The smallest absolute Gasteiger partial charge is 0.312 e. The van der Waals surface area contributed by atoms with Crippen molar-refractivity contribution in [1.82, 2.24) is 10.6 Å². The number of carbonyl (C=O) groups excluding carboxylic acids is 1. The average Bonchev–Trinajstić information content (AvgIpc) is 2.34. The van der Waals surface area contributed by atoms with E-state index in [1.807, 2.05) is 13.0 Å². The second-order valence-electron chi connectivity index (χ2n) is 3.82. The maximum atomic E-state index is 10.6. The molecular formula is C11H16N4O3. The van der Waals surface area contributed by atoms with Crippen molar-refractivity contribution in [2.45, 2.75) is 13.0 Å². The van der Waals surface area contributed by atoms with Gasteiger partial charge in [-0.05, 0) is 12.5 Å². The first-order valence-corrected chi connectivity index (χ1v) is 5.51. The number of hydrogen-bond donors (Lipinski definition) is 3. The molecule has 0 saturated heterocycles. The first kappa shape index (κ1) is 13.9. The summed E-state index contributed by atoms with van der Waals surface area (Å²) in [6.07, 6.45) is 0. The van der Waals surface area contributed by atoms with Crippen LogP contribution in [0.25, 0.3) is 0 Å². The van der Waals surface area contributed by atoms with E-state index in [0.29, 0.717) is 13.1 Å². The lowest BCUT2D eigenvalue weighted by Gasteiger charge is -2.14. The Morgan fingerprint density at radius 3 is 2.83 bits per heavy atom. The van der Waals surface area contributed by atoms with E-state index >= 15 is 0 Å². The SMILES string of the molecule is CC(NCCNC(N)=O)c1cccc([N+](=O)[O-])c1. The van der Waals surface area contributed by atoms with Crippen LogP contribution in [0.4, 0.5) is 10.5 Å². The van der Waals surface area contributed by atoms with Crippen LogP contribution in [0.2, 0.25) is 0 Å². The predicted octanol–water partition coefficient (Wildman–Crippen LogP) is 0.914. The van der Waals surface area contributed by atoms with Crippen molar-refractivity contribution in [3.8, 4) is 0 Å². The van der Waals surface area contributed by atoms with Gasteiger partial charge in [0.25, 0.3) is 5.69 Å². The van der Waals surface area contributed by atoms with Gasteiger partial charge in [-0.1, -0.05) is 12.1 Å². The number of nitrogens with two attached hydrogens (primary N) is 1. The van der Waals surface area contributed by atoms with Crippen LogP contribution in [0, 0.1) is 10.1 Å². The number of rotatable bonds is 6. The average molecular weight is 252 g/mol. The monoisotopic (exact) mass is 252 g/mol. The van der Waals surface area contributed by atoms with Gasteiger partial charge >= 0.3 is 6.03 Å². The van der Waals surface area contributed by atoms with Crippen molar-refractivity contribution in [3.05, 3.63) is 39.9 Å². The lowest BCUT2D eigenvalue weighted by Crippen LogP contribution is -2.36. The van der Waals surface area contributed by atoms with E-state index in [0.717, 1.165) is 5.56 Å². The highest BCUT2D eigenvalue weighted by atomic mass is 16.6. The van der Waals surface area contributed by atoms with Crippen LogP contribution < -0.4 is 16.4 Å². The summed E-state index contributed by atoms with van der Waals surface area (Å²) in [7, 11) is 0. The number of nitrogens with zero attached hydrogens (tertiary/aromatic N) is 1. The molecule has 7 heteroatoms. The summed E-state index contributed by atoms with van der Waals surface area (Å²) < 4.78 is 0. The van der Waals surface area contributed by atoms with Gasteiger partial charge in [0.1, 0.15) is 0 Å². The summed E-state index contributed by atoms with van der Waals surface area (Å²) in [6.45, 7) is 2.84. The number of urea groups is 1. The summed E-state index contributed by atoms with van der Waals surface area (Å²) >= 11 is 0. The van der Waals surface area contributed by atoms with Crippen molar-refractivity contribution >= 4 is 11.7 Å². The highest BCUT2D eigenvalue weighted by molar-refractivity contribution is 5.71. The highest BCUT2D eigenvalue weighted by Crippen LogP contribution is 2.18. The van der Waals surface area contributed by atoms with Gasteiger partial charge in [0, 0.05) is 31.3 Å². The number of benzene rings is 1. The third-order valence-corrected chi connectivity index (χ3v) is 2.46. The van der Waals surface area contributed by atoms with Gasteiger partial charge in [0.15, 0.2) is 0 Å². The van der Waals surface area contributed by atoms with Crippen LogP contribution in [0.15, 0.2) is 24.3 Å². The Hall–Kier alpha value is -2.15.